The molecule has 0 aromatic heterocycles. The molecule has 0 unspecified atom stereocenters. The van der Waals surface area contributed by atoms with E-state index in [0.717, 1.165) is 6.07 Å². The maximum Gasteiger partial charge on any atom is 0.286 e. The number of nitro groups is 1. The number of ether oxygens (including phenoxy) is 2. The van der Waals surface area contributed by atoms with Crippen LogP contribution in [0.4, 0.5) is 11.4 Å². The van der Waals surface area contributed by atoms with E-state index in [0.29, 0.717) is 10.7 Å². The van der Waals surface area contributed by atoms with E-state index in [9.17, 15) is 14.9 Å². The average Bonchev–Trinajstić information content (AvgIpc) is 2.56. The molecular formula is C15H12Cl2N2O5. The number of methoxy groups -OCH3 is 2. The number of anilines is 1. The molecule has 0 heterocycles. The Kier molecular flexibility index (Phi) is 5.48. The Labute approximate surface area is 147 Å². The number of hydrogen-bond acceptors (Lipinski definition) is 5. The quantitative estimate of drug-likeness (QED) is 0.629. The fourth-order valence-corrected chi connectivity index (χ4v) is 2.27. The third kappa shape index (κ3) is 3.69. The van der Waals surface area contributed by atoms with Gasteiger partial charge in [0, 0.05) is 11.8 Å². The molecule has 1 amide bonds. The lowest BCUT2D eigenvalue weighted by Crippen LogP contribution is -2.14. The molecule has 0 radical (unpaired) electrons. The molecule has 0 bridgehead atoms. The zero-order valence-electron chi connectivity index (χ0n) is 12.6. The Bertz CT molecular complexity index is 811. The molecular weight excluding hydrogens is 359 g/mol. The maximum absolute atomic E-state index is 12.4. The number of nitrogens with zero attached hydrogens (tertiary/aromatic N) is 1. The van der Waals surface area contributed by atoms with Gasteiger partial charge in [0.25, 0.3) is 11.6 Å². The van der Waals surface area contributed by atoms with Gasteiger partial charge < -0.3 is 14.8 Å². The second kappa shape index (κ2) is 7.37. The molecule has 0 saturated heterocycles. The molecule has 2 aromatic carbocycles. The van der Waals surface area contributed by atoms with Gasteiger partial charge in [-0.2, -0.15) is 0 Å². The van der Waals surface area contributed by atoms with Crippen molar-refractivity contribution in [1.29, 1.82) is 0 Å². The van der Waals surface area contributed by atoms with Crippen molar-refractivity contribution in [1.82, 2.24) is 0 Å². The summed E-state index contributed by atoms with van der Waals surface area (Å²) in [5, 5.41) is 14.3. The fourth-order valence-electron chi connectivity index (χ4n) is 1.97. The topological polar surface area (TPSA) is 90.7 Å². The summed E-state index contributed by atoms with van der Waals surface area (Å²) < 4.78 is 10.1. The Hall–Kier alpha value is -2.51. The van der Waals surface area contributed by atoms with Crippen LogP contribution in [-0.2, 0) is 0 Å². The molecule has 2 rings (SSSR count). The maximum atomic E-state index is 12.4. The van der Waals surface area contributed by atoms with Crippen molar-refractivity contribution in [2.75, 3.05) is 19.5 Å². The van der Waals surface area contributed by atoms with Crippen molar-refractivity contribution in [3.63, 3.8) is 0 Å². The van der Waals surface area contributed by atoms with Crippen LogP contribution in [0, 0.1) is 10.1 Å². The molecule has 7 nitrogen and oxygen atoms in total. The molecule has 24 heavy (non-hydrogen) atoms. The molecule has 1 N–H and O–H groups in total. The van der Waals surface area contributed by atoms with Crippen molar-refractivity contribution in [3.8, 4) is 11.5 Å². The highest BCUT2D eigenvalue weighted by Crippen LogP contribution is 2.35. The van der Waals surface area contributed by atoms with Crippen LogP contribution in [0.3, 0.4) is 0 Å². The fraction of sp³-hybridized carbons (Fsp3) is 0.133. The summed E-state index contributed by atoms with van der Waals surface area (Å²) in [7, 11) is 2.71. The van der Waals surface area contributed by atoms with Gasteiger partial charge in [0.05, 0.1) is 35.3 Å². The van der Waals surface area contributed by atoms with Gasteiger partial charge in [-0.25, -0.2) is 0 Å². The summed E-state index contributed by atoms with van der Waals surface area (Å²) in [6.45, 7) is 0. The smallest absolute Gasteiger partial charge is 0.286 e. The molecule has 0 saturated carbocycles. The molecule has 0 atom stereocenters. The van der Waals surface area contributed by atoms with Crippen LogP contribution in [0.2, 0.25) is 10.0 Å². The highest BCUT2D eigenvalue weighted by molar-refractivity contribution is 6.42. The second-order valence-electron chi connectivity index (χ2n) is 4.56. The minimum atomic E-state index is -0.693. The SMILES string of the molecule is COc1cc(C(=O)Nc2ccc(Cl)c(Cl)c2)c([N+](=O)[O-])cc1OC. The van der Waals surface area contributed by atoms with Gasteiger partial charge in [-0.1, -0.05) is 23.2 Å². The number of carbonyl (C=O) groups excluding carboxylic acids is 1. The van der Waals surface area contributed by atoms with E-state index in [1.54, 1.807) is 0 Å². The third-order valence-corrected chi connectivity index (χ3v) is 3.86. The number of nitrogens with one attached hydrogen (secondary N) is 1. The monoisotopic (exact) mass is 370 g/mol. The van der Waals surface area contributed by atoms with Crippen molar-refractivity contribution in [2.45, 2.75) is 0 Å². The Morgan fingerprint density at radius 1 is 1.08 bits per heavy atom. The van der Waals surface area contributed by atoms with E-state index in [1.165, 1.54) is 38.5 Å². The molecule has 0 fully saturated rings. The van der Waals surface area contributed by atoms with Gasteiger partial charge >= 0.3 is 0 Å². The van der Waals surface area contributed by atoms with E-state index < -0.39 is 16.5 Å². The van der Waals surface area contributed by atoms with Gasteiger partial charge in [0.15, 0.2) is 11.5 Å². The summed E-state index contributed by atoms with van der Waals surface area (Å²) in [4.78, 5) is 23.0. The largest absolute Gasteiger partial charge is 0.493 e. The summed E-state index contributed by atoms with van der Waals surface area (Å²) in [5.74, 6) is -0.348. The van der Waals surface area contributed by atoms with E-state index >= 15 is 0 Å². The van der Waals surface area contributed by atoms with Crippen LogP contribution in [0.25, 0.3) is 0 Å². The Morgan fingerprint density at radius 2 is 1.71 bits per heavy atom. The van der Waals surface area contributed by atoms with Gasteiger partial charge in [0.1, 0.15) is 5.56 Å². The van der Waals surface area contributed by atoms with Crippen LogP contribution in [-0.4, -0.2) is 25.1 Å². The summed E-state index contributed by atoms with van der Waals surface area (Å²) >= 11 is 11.7. The third-order valence-electron chi connectivity index (χ3n) is 3.12. The summed E-state index contributed by atoms with van der Waals surface area (Å²) in [5.41, 5.74) is -0.243. The lowest BCUT2D eigenvalue weighted by molar-refractivity contribution is -0.385. The highest BCUT2D eigenvalue weighted by Gasteiger charge is 2.24. The number of nitro benzene ring substituents is 1. The van der Waals surface area contributed by atoms with Crippen LogP contribution in [0.15, 0.2) is 30.3 Å². The van der Waals surface area contributed by atoms with Gasteiger partial charge in [-0.15, -0.1) is 0 Å². The average molecular weight is 371 g/mol. The zero-order chi connectivity index (χ0) is 17.9. The first kappa shape index (κ1) is 17.8. The molecule has 0 aliphatic rings. The van der Waals surface area contributed by atoms with Crippen LogP contribution in [0.1, 0.15) is 10.4 Å². The van der Waals surface area contributed by atoms with E-state index in [4.69, 9.17) is 32.7 Å². The first-order chi connectivity index (χ1) is 11.4. The molecule has 0 aliphatic heterocycles. The van der Waals surface area contributed by atoms with Crippen molar-refractivity contribution >= 4 is 40.5 Å². The number of hydrogen-bond donors (Lipinski definition) is 1. The first-order valence-corrected chi connectivity index (χ1v) is 7.29. The van der Waals surface area contributed by atoms with Crippen molar-refractivity contribution in [3.05, 3.63) is 56.1 Å². The normalized spacial score (nSPS) is 10.2. The predicted molar refractivity (Wildman–Crippen MR) is 90.6 cm³/mol. The molecule has 126 valence electrons. The predicted octanol–water partition coefficient (Wildman–Crippen LogP) is 4.17. The zero-order valence-corrected chi connectivity index (χ0v) is 14.1. The van der Waals surface area contributed by atoms with Gasteiger partial charge in [0.2, 0.25) is 0 Å². The second-order valence-corrected chi connectivity index (χ2v) is 5.38. The minimum absolute atomic E-state index is 0.148. The van der Waals surface area contributed by atoms with Crippen LogP contribution in [0.5, 0.6) is 11.5 Å². The van der Waals surface area contributed by atoms with E-state index in [-0.39, 0.29) is 22.1 Å². The van der Waals surface area contributed by atoms with Gasteiger partial charge in [-0.05, 0) is 18.2 Å². The number of carbonyl (C=O) groups is 1. The summed E-state index contributed by atoms with van der Waals surface area (Å²) in [6, 6.07) is 6.84. The Morgan fingerprint density at radius 3 is 2.25 bits per heavy atom. The summed E-state index contributed by atoms with van der Waals surface area (Å²) in [6.07, 6.45) is 0. The molecule has 0 spiro atoms. The lowest BCUT2D eigenvalue weighted by Gasteiger charge is -2.11. The number of rotatable bonds is 5. The first-order valence-electron chi connectivity index (χ1n) is 6.54. The molecule has 0 aliphatic carbocycles. The van der Waals surface area contributed by atoms with Crippen molar-refractivity contribution < 1.29 is 19.2 Å². The van der Waals surface area contributed by atoms with Crippen LogP contribution >= 0.6 is 23.2 Å². The highest BCUT2D eigenvalue weighted by atomic mass is 35.5. The molecule has 9 heteroatoms. The van der Waals surface area contributed by atoms with Gasteiger partial charge in [-0.3, -0.25) is 14.9 Å². The lowest BCUT2D eigenvalue weighted by atomic mass is 10.1. The number of benzene rings is 2. The van der Waals surface area contributed by atoms with E-state index in [2.05, 4.69) is 5.32 Å². The van der Waals surface area contributed by atoms with Crippen LogP contribution < -0.4 is 14.8 Å². The number of halogens is 2. The molecule has 2 aromatic rings. The standard InChI is InChI=1S/C15H12Cl2N2O5/c1-23-13-6-9(12(19(21)22)7-14(13)24-2)15(20)18-8-3-4-10(16)11(17)5-8/h3-7H,1-2H3,(H,18,20). The van der Waals surface area contributed by atoms with E-state index in [1.807, 2.05) is 0 Å². The minimum Gasteiger partial charge on any atom is -0.493 e. The van der Waals surface area contributed by atoms with Crippen molar-refractivity contribution in [2.24, 2.45) is 0 Å². The number of amides is 1. The Balaban J connectivity index is 2.43.